The van der Waals surface area contributed by atoms with Crippen molar-refractivity contribution in [1.82, 2.24) is 4.90 Å². The fraction of sp³-hybridized carbons (Fsp3) is 0.409. The minimum absolute atomic E-state index is 0.111. The normalized spacial score (nSPS) is 15.3. The molecule has 0 aliphatic carbocycles. The Kier molecular flexibility index (Phi) is 7.27. The molecular weight excluding hydrogens is 422 g/mol. The van der Waals surface area contributed by atoms with Crippen LogP contribution in [-0.4, -0.2) is 58.9 Å². The van der Waals surface area contributed by atoms with Gasteiger partial charge < -0.3 is 23.5 Å². The lowest BCUT2D eigenvalue weighted by Crippen LogP contribution is -2.42. The number of furan rings is 1. The fourth-order valence-electron chi connectivity index (χ4n) is 3.62. The molecule has 2 heterocycles. The SMILES string of the molecule is COc1cc(/C=C/C(=O)N2CCC(S(=O)(=O)Cc3ccco3)CC2)cc(OC)c1OC. The van der Waals surface area contributed by atoms with E-state index in [9.17, 15) is 13.2 Å². The zero-order valence-electron chi connectivity index (χ0n) is 17.9. The molecule has 1 fully saturated rings. The van der Waals surface area contributed by atoms with Gasteiger partial charge in [-0.15, -0.1) is 0 Å². The van der Waals surface area contributed by atoms with Gasteiger partial charge in [-0.05, 0) is 48.7 Å². The van der Waals surface area contributed by atoms with Crippen LogP contribution in [0.15, 0.2) is 41.0 Å². The largest absolute Gasteiger partial charge is 0.493 e. The maximum absolute atomic E-state index is 12.6. The zero-order chi connectivity index (χ0) is 22.4. The van der Waals surface area contributed by atoms with Crippen LogP contribution in [0.1, 0.15) is 24.2 Å². The molecule has 0 spiro atoms. The number of ether oxygens (including phenoxy) is 3. The number of sulfone groups is 1. The number of likely N-dealkylation sites (tertiary alicyclic amines) is 1. The van der Waals surface area contributed by atoms with Gasteiger partial charge in [0.2, 0.25) is 11.7 Å². The van der Waals surface area contributed by atoms with Crippen molar-refractivity contribution in [3.63, 3.8) is 0 Å². The van der Waals surface area contributed by atoms with E-state index < -0.39 is 15.1 Å². The molecule has 168 valence electrons. The Morgan fingerprint density at radius 2 is 1.77 bits per heavy atom. The van der Waals surface area contributed by atoms with E-state index in [-0.39, 0.29) is 11.7 Å². The van der Waals surface area contributed by atoms with E-state index in [0.717, 1.165) is 5.56 Å². The topological polar surface area (TPSA) is 95.3 Å². The summed E-state index contributed by atoms with van der Waals surface area (Å²) in [6.45, 7) is 0.779. The van der Waals surface area contributed by atoms with Crippen LogP contribution in [0, 0.1) is 0 Å². The summed E-state index contributed by atoms with van der Waals surface area (Å²) < 4.78 is 46.3. The molecule has 0 saturated carbocycles. The highest BCUT2D eigenvalue weighted by atomic mass is 32.2. The van der Waals surface area contributed by atoms with Gasteiger partial charge in [0.15, 0.2) is 21.3 Å². The van der Waals surface area contributed by atoms with Crippen molar-refractivity contribution in [3.05, 3.63) is 47.9 Å². The average molecular weight is 450 g/mol. The molecule has 1 saturated heterocycles. The number of nitrogens with zero attached hydrogens (tertiary/aromatic N) is 1. The second kappa shape index (κ2) is 9.91. The van der Waals surface area contributed by atoms with Crippen LogP contribution in [0.5, 0.6) is 17.2 Å². The molecule has 31 heavy (non-hydrogen) atoms. The molecule has 0 atom stereocenters. The summed E-state index contributed by atoms with van der Waals surface area (Å²) in [7, 11) is 1.26. The van der Waals surface area contributed by atoms with E-state index in [1.807, 2.05) is 0 Å². The number of carbonyl (C=O) groups is 1. The third-order valence-corrected chi connectivity index (χ3v) is 7.46. The van der Waals surface area contributed by atoms with Gasteiger partial charge in [-0.2, -0.15) is 0 Å². The summed E-state index contributed by atoms with van der Waals surface area (Å²) in [6, 6.07) is 6.83. The molecular formula is C22H27NO7S. The van der Waals surface area contributed by atoms with Crippen molar-refractivity contribution in [2.75, 3.05) is 34.4 Å². The van der Waals surface area contributed by atoms with Gasteiger partial charge in [0.1, 0.15) is 11.5 Å². The summed E-state index contributed by atoms with van der Waals surface area (Å²) in [5.74, 6) is 1.63. The Morgan fingerprint density at radius 1 is 1.13 bits per heavy atom. The van der Waals surface area contributed by atoms with Crippen molar-refractivity contribution in [3.8, 4) is 17.2 Å². The highest BCUT2D eigenvalue weighted by Gasteiger charge is 2.31. The summed E-state index contributed by atoms with van der Waals surface area (Å²) in [6.07, 6.45) is 5.43. The number of benzene rings is 1. The predicted octanol–water partition coefficient (Wildman–Crippen LogP) is 2.92. The van der Waals surface area contributed by atoms with E-state index in [0.29, 0.717) is 48.9 Å². The minimum atomic E-state index is -3.32. The second-order valence-corrected chi connectivity index (χ2v) is 9.48. The number of carbonyl (C=O) groups excluding carboxylic acids is 1. The zero-order valence-corrected chi connectivity index (χ0v) is 18.7. The number of piperidine rings is 1. The monoisotopic (exact) mass is 449 g/mol. The van der Waals surface area contributed by atoms with Gasteiger partial charge in [0, 0.05) is 19.2 Å². The van der Waals surface area contributed by atoms with Gasteiger partial charge in [-0.25, -0.2) is 8.42 Å². The summed E-state index contributed by atoms with van der Waals surface area (Å²) in [5, 5.41) is -0.472. The lowest BCUT2D eigenvalue weighted by Gasteiger charge is -2.31. The third-order valence-electron chi connectivity index (χ3n) is 5.29. The van der Waals surface area contributed by atoms with Gasteiger partial charge in [0.25, 0.3) is 0 Å². The number of methoxy groups -OCH3 is 3. The fourth-order valence-corrected chi connectivity index (χ4v) is 5.34. The lowest BCUT2D eigenvalue weighted by atomic mass is 10.1. The van der Waals surface area contributed by atoms with Crippen LogP contribution >= 0.6 is 0 Å². The van der Waals surface area contributed by atoms with E-state index in [1.54, 1.807) is 35.2 Å². The van der Waals surface area contributed by atoms with Crippen molar-refractivity contribution in [2.24, 2.45) is 0 Å². The molecule has 2 aromatic rings. The standard InChI is InChI=1S/C22H27NO7S/c1-27-19-13-16(14-20(28-2)22(19)29-3)6-7-21(24)23-10-8-18(9-11-23)31(25,26)15-17-5-4-12-30-17/h4-7,12-14,18H,8-11,15H2,1-3H3/b7-6+. The average Bonchev–Trinajstić information content (AvgIpc) is 3.28. The van der Waals surface area contributed by atoms with Crippen LogP contribution in [0.25, 0.3) is 6.08 Å². The van der Waals surface area contributed by atoms with Crippen LogP contribution in [0.2, 0.25) is 0 Å². The van der Waals surface area contributed by atoms with Crippen molar-refractivity contribution in [2.45, 2.75) is 23.8 Å². The van der Waals surface area contributed by atoms with Crippen LogP contribution in [0.3, 0.4) is 0 Å². The van der Waals surface area contributed by atoms with Gasteiger partial charge in [-0.1, -0.05) is 0 Å². The molecule has 3 rings (SSSR count). The number of hydrogen-bond donors (Lipinski definition) is 0. The minimum Gasteiger partial charge on any atom is -0.493 e. The molecule has 0 unspecified atom stereocenters. The maximum Gasteiger partial charge on any atom is 0.246 e. The smallest absolute Gasteiger partial charge is 0.246 e. The highest BCUT2D eigenvalue weighted by molar-refractivity contribution is 7.91. The lowest BCUT2D eigenvalue weighted by molar-refractivity contribution is -0.126. The van der Waals surface area contributed by atoms with Gasteiger partial charge in [-0.3, -0.25) is 4.79 Å². The van der Waals surface area contributed by atoms with Crippen molar-refractivity contribution >= 4 is 21.8 Å². The first kappa shape index (κ1) is 22.7. The molecule has 8 nitrogen and oxygen atoms in total. The number of amides is 1. The van der Waals surface area contributed by atoms with Crippen molar-refractivity contribution < 1.29 is 31.8 Å². The molecule has 0 radical (unpaired) electrons. The van der Waals surface area contributed by atoms with E-state index in [2.05, 4.69) is 0 Å². The predicted molar refractivity (Wildman–Crippen MR) is 116 cm³/mol. The third kappa shape index (κ3) is 5.41. The van der Waals surface area contributed by atoms with Crippen LogP contribution < -0.4 is 14.2 Å². The van der Waals surface area contributed by atoms with Gasteiger partial charge >= 0.3 is 0 Å². The first-order valence-corrected chi connectivity index (χ1v) is 11.6. The molecule has 1 amide bonds. The maximum atomic E-state index is 12.6. The highest BCUT2D eigenvalue weighted by Crippen LogP contribution is 2.38. The number of hydrogen-bond acceptors (Lipinski definition) is 7. The Bertz CT molecular complexity index is 995. The molecule has 1 aromatic carbocycles. The van der Waals surface area contributed by atoms with Crippen molar-refractivity contribution in [1.29, 1.82) is 0 Å². The Balaban J connectivity index is 1.62. The Labute approximate surface area is 182 Å². The van der Waals surface area contributed by atoms with Crippen LogP contribution in [-0.2, 0) is 20.4 Å². The van der Waals surface area contributed by atoms with Crippen LogP contribution in [0.4, 0.5) is 0 Å². The molecule has 1 aliphatic rings. The first-order valence-electron chi connectivity index (χ1n) is 9.89. The van der Waals surface area contributed by atoms with E-state index in [4.69, 9.17) is 18.6 Å². The quantitative estimate of drug-likeness (QED) is 0.572. The number of rotatable bonds is 8. The molecule has 1 aliphatic heterocycles. The molecule has 9 heteroatoms. The Morgan fingerprint density at radius 3 is 2.29 bits per heavy atom. The molecule has 1 aromatic heterocycles. The Hall–Kier alpha value is -2.94. The summed E-state index contributed by atoms with van der Waals surface area (Å²) in [4.78, 5) is 14.3. The molecule has 0 bridgehead atoms. The summed E-state index contributed by atoms with van der Waals surface area (Å²) in [5.41, 5.74) is 0.721. The van der Waals surface area contributed by atoms with E-state index >= 15 is 0 Å². The van der Waals surface area contributed by atoms with Gasteiger partial charge in [0.05, 0.1) is 32.8 Å². The first-order chi connectivity index (χ1) is 14.9. The van der Waals surface area contributed by atoms with E-state index in [1.165, 1.54) is 33.7 Å². The molecule has 0 N–H and O–H groups in total. The second-order valence-electron chi connectivity index (χ2n) is 7.20. The summed E-state index contributed by atoms with van der Waals surface area (Å²) >= 11 is 0.